The fraction of sp³-hybridized carbons (Fsp3) is 0.121. The number of hydrogen-bond donors (Lipinski definition) is 1. The van der Waals surface area contributed by atoms with Crippen LogP contribution in [0.15, 0.2) is 113 Å². The Morgan fingerprint density at radius 2 is 1.70 bits per heavy atom. The van der Waals surface area contributed by atoms with Crippen LogP contribution in [0.2, 0.25) is 0 Å². The number of hydrogen-bond acceptors (Lipinski definition) is 9. The van der Waals surface area contributed by atoms with Gasteiger partial charge < -0.3 is 9.84 Å². The highest BCUT2D eigenvalue weighted by Crippen LogP contribution is 2.44. The molecule has 1 amide bonds. The van der Waals surface area contributed by atoms with Gasteiger partial charge >= 0.3 is 5.91 Å². The summed E-state index contributed by atoms with van der Waals surface area (Å²) in [4.78, 5) is 32.4. The molecule has 0 spiro atoms. The van der Waals surface area contributed by atoms with Crippen molar-refractivity contribution in [3.8, 4) is 5.75 Å². The Morgan fingerprint density at radius 1 is 0.930 bits per heavy atom. The van der Waals surface area contributed by atoms with Crippen molar-refractivity contribution in [3.05, 3.63) is 137 Å². The van der Waals surface area contributed by atoms with Crippen LogP contribution < -0.4 is 9.64 Å². The summed E-state index contributed by atoms with van der Waals surface area (Å²) in [5.74, 6) is -0.647. The van der Waals surface area contributed by atoms with Crippen molar-refractivity contribution in [1.29, 1.82) is 0 Å². The summed E-state index contributed by atoms with van der Waals surface area (Å²) in [7, 11) is 0. The number of rotatable bonds is 9. The third-order valence-corrected chi connectivity index (χ3v) is 9.03. The minimum Gasteiger partial charge on any atom is -0.507 e. The minimum absolute atomic E-state index is 0.0412. The Labute approximate surface area is 256 Å². The summed E-state index contributed by atoms with van der Waals surface area (Å²) >= 11 is 2.73. The molecule has 1 saturated heterocycles. The maximum Gasteiger partial charge on any atom is 0.301 e. The van der Waals surface area contributed by atoms with Gasteiger partial charge in [-0.25, -0.2) is 0 Å². The average molecular weight is 607 g/mol. The van der Waals surface area contributed by atoms with E-state index < -0.39 is 17.7 Å². The van der Waals surface area contributed by atoms with E-state index in [4.69, 9.17) is 4.74 Å². The highest BCUT2D eigenvalue weighted by molar-refractivity contribution is 8.00. The second kappa shape index (κ2) is 12.6. The zero-order chi connectivity index (χ0) is 29.8. The van der Waals surface area contributed by atoms with Gasteiger partial charge in [0, 0.05) is 23.7 Å². The third-order valence-electron chi connectivity index (χ3n) is 6.91. The lowest BCUT2D eigenvalue weighted by Gasteiger charge is -2.23. The number of anilines is 1. The molecule has 0 saturated carbocycles. The second-order valence-corrected chi connectivity index (χ2v) is 12.1. The third kappa shape index (κ3) is 6.20. The number of aryl methyl sites for hydroxylation is 1. The Morgan fingerprint density at radius 3 is 2.47 bits per heavy atom. The van der Waals surface area contributed by atoms with E-state index in [9.17, 15) is 14.7 Å². The maximum absolute atomic E-state index is 13.6. The van der Waals surface area contributed by atoms with Gasteiger partial charge in [-0.3, -0.25) is 19.5 Å². The number of thioether (sulfide) groups is 1. The average Bonchev–Trinajstić information content (AvgIpc) is 3.62. The van der Waals surface area contributed by atoms with Gasteiger partial charge in [0.15, 0.2) is 4.34 Å². The smallest absolute Gasteiger partial charge is 0.301 e. The van der Waals surface area contributed by atoms with E-state index in [1.165, 1.54) is 46.0 Å². The van der Waals surface area contributed by atoms with E-state index in [1.54, 1.807) is 30.3 Å². The largest absolute Gasteiger partial charge is 0.507 e. The van der Waals surface area contributed by atoms with Crippen molar-refractivity contribution < 1.29 is 19.4 Å². The molecule has 1 aliphatic heterocycles. The molecule has 6 rings (SSSR count). The fourth-order valence-electron chi connectivity index (χ4n) is 4.71. The van der Waals surface area contributed by atoms with Gasteiger partial charge in [-0.15, -0.1) is 10.2 Å². The van der Waals surface area contributed by atoms with Crippen molar-refractivity contribution in [2.45, 2.75) is 29.7 Å². The molecule has 1 unspecified atom stereocenters. The summed E-state index contributed by atoms with van der Waals surface area (Å²) in [6.45, 7) is 2.39. The topological polar surface area (TPSA) is 106 Å². The van der Waals surface area contributed by atoms with Crippen LogP contribution in [0.4, 0.5) is 5.13 Å². The Bertz CT molecular complexity index is 1790. The van der Waals surface area contributed by atoms with Crippen LogP contribution in [0.1, 0.15) is 33.9 Å². The van der Waals surface area contributed by atoms with Crippen LogP contribution in [0.3, 0.4) is 0 Å². The van der Waals surface area contributed by atoms with E-state index in [1.807, 2.05) is 43.3 Å². The van der Waals surface area contributed by atoms with E-state index in [-0.39, 0.29) is 16.5 Å². The molecule has 1 aliphatic rings. The van der Waals surface area contributed by atoms with E-state index in [0.29, 0.717) is 33.6 Å². The first-order valence-corrected chi connectivity index (χ1v) is 15.3. The molecular weight excluding hydrogens is 581 g/mol. The minimum atomic E-state index is -0.948. The molecule has 1 N–H and O–H groups in total. The molecule has 0 bridgehead atoms. The lowest BCUT2D eigenvalue weighted by molar-refractivity contribution is -0.132. The van der Waals surface area contributed by atoms with Crippen LogP contribution in [-0.4, -0.2) is 32.0 Å². The molecule has 214 valence electrons. The maximum atomic E-state index is 13.6. The summed E-state index contributed by atoms with van der Waals surface area (Å²) < 4.78 is 6.71. The summed E-state index contributed by atoms with van der Waals surface area (Å²) in [5, 5.41) is 20.2. The number of nitrogens with zero attached hydrogens (tertiary/aromatic N) is 4. The highest BCUT2D eigenvalue weighted by atomic mass is 32.2. The number of benzene rings is 3. The molecule has 5 aromatic rings. The van der Waals surface area contributed by atoms with Crippen molar-refractivity contribution in [1.82, 2.24) is 15.2 Å². The number of pyridine rings is 1. The summed E-state index contributed by atoms with van der Waals surface area (Å²) in [6.07, 6.45) is 3.03. The lowest BCUT2D eigenvalue weighted by Crippen LogP contribution is -2.29. The highest BCUT2D eigenvalue weighted by Gasteiger charge is 2.48. The van der Waals surface area contributed by atoms with Gasteiger partial charge in [0.1, 0.15) is 18.1 Å². The number of aliphatic hydroxyl groups excluding tert-OH is 1. The normalized spacial score (nSPS) is 16.0. The Hall–Kier alpha value is -4.80. The molecule has 8 nitrogen and oxygen atoms in total. The first-order chi connectivity index (χ1) is 21.0. The van der Waals surface area contributed by atoms with Crippen LogP contribution in [-0.2, 0) is 21.9 Å². The zero-order valence-electron chi connectivity index (χ0n) is 23.1. The van der Waals surface area contributed by atoms with Crippen molar-refractivity contribution in [3.63, 3.8) is 0 Å². The van der Waals surface area contributed by atoms with Crippen LogP contribution in [0, 0.1) is 6.92 Å². The van der Waals surface area contributed by atoms with Gasteiger partial charge in [-0.2, -0.15) is 0 Å². The molecule has 0 radical (unpaired) electrons. The fourth-order valence-corrected chi connectivity index (χ4v) is 6.54. The van der Waals surface area contributed by atoms with Gasteiger partial charge in [-0.1, -0.05) is 95.4 Å². The number of carbonyl (C=O) groups excluding carboxylic acids is 2. The van der Waals surface area contributed by atoms with Gasteiger partial charge in [0.05, 0.1) is 11.6 Å². The first-order valence-electron chi connectivity index (χ1n) is 13.5. The number of amides is 1. The monoisotopic (exact) mass is 606 g/mol. The zero-order valence-corrected chi connectivity index (χ0v) is 24.7. The quantitative estimate of drug-likeness (QED) is 0.0647. The number of ketones is 1. The number of Topliss-reactive ketones (excluding diaryl/α,β-unsaturated/α-hetero) is 1. The summed E-state index contributed by atoms with van der Waals surface area (Å²) in [5.41, 5.74) is 4.24. The van der Waals surface area contributed by atoms with E-state index in [0.717, 1.165) is 11.1 Å². The predicted octanol–water partition coefficient (Wildman–Crippen LogP) is 6.74. The molecular formula is C33H26N4O4S2. The number of aliphatic hydroxyl groups is 1. The van der Waals surface area contributed by atoms with Gasteiger partial charge in [0.25, 0.3) is 5.78 Å². The van der Waals surface area contributed by atoms with Crippen molar-refractivity contribution >= 4 is 45.7 Å². The number of ether oxygens (including phenoxy) is 1. The van der Waals surface area contributed by atoms with E-state index in [2.05, 4.69) is 39.4 Å². The molecule has 2 aromatic heterocycles. The van der Waals surface area contributed by atoms with E-state index >= 15 is 0 Å². The SMILES string of the molecule is Cc1ccc(CSc2nnc(N3C(=O)C(=O)C(=C(O)c4ccncc4)C3c3cccc(OCc4ccccc4)c3)s2)cc1. The molecule has 1 atom stereocenters. The van der Waals surface area contributed by atoms with Gasteiger partial charge in [-0.05, 0) is 47.9 Å². The Balaban J connectivity index is 1.35. The molecule has 1 fully saturated rings. The molecule has 43 heavy (non-hydrogen) atoms. The van der Waals surface area contributed by atoms with Gasteiger partial charge in [0.2, 0.25) is 5.13 Å². The van der Waals surface area contributed by atoms with Crippen LogP contribution >= 0.6 is 23.1 Å². The number of aromatic nitrogens is 3. The van der Waals surface area contributed by atoms with Crippen LogP contribution in [0.25, 0.3) is 5.76 Å². The standard InChI is InChI=1S/C33H26N4O4S2/c1-21-10-12-23(13-11-21)20-42-33-36-35-32(43-33)37-28(27(30(39)31(37)40)29(38)24-14-16-34-17-15-24)25-8-5-9-26(18-25)41-19-22-6-3-2-4-7-22/h2-18,28,38H,19-20H2,1H3. The first kappa shape index (κ1) is 28.3. The van der Waals surface area contributed by atoms with Crippen molar-refractivity contribution in [2.75, 3.05) is 4.90 Å². The lowest BCUT2D eigenvalue weighted by atomic mass is 9.95. The van der Waals surface area contributed by atoms with Crippen LogP contribution in [0.5, 0.6) is 5.75 Å². The molecule has 3 aromatic carbocycles. The predicted molar refractivity (Wildman–Crippen MR) is 167 cm³/mol. The molecule has 3 heterocycles. The number of carbonyl (C=O) groups is 2. The molecule has 0 aliphatic carbocycles. The molecule has 10 heteroatoms. The Kier molecular flexibility index (Phi) is 8.30. The second-order valence-electron chi connectivity index (χ2n) is 9.88. The summed E-state index contributed by atoms with van der Waals surface area (Å²) in [6, 6.07) is 27.4. The van der Waals surface area contributed by atoms with Crippen molar-refractivity contribution in [2.24, 2.45) is 0 Å².